The maximum atomic E-state index is 10.6. The van der Waals surface area contributed by atoms with Crippen molar-refractivity contribution in [1.82, 2.24) is 9.88 Å². The number of pyridine rings is 1. The van der Waals surface area contributed by atoms with Gasteiger partial charge in [0.1, 0.15) is 23.6 Å². The highest BCUT2D eigenvalue weighted by atomic mass is 16.6. The van der Waals surface area contributed by atoms with Gasteiger partial charge in [-0.25, -0.2) is 4.98 Å². The zero-order valence-corrected chi connectivity index (χ0v) is 12.2. The third-order valence-corrected chi connectivity index (χ3v) is 2.68. The number of nitrogens with one attached hydrogen (secondary N) is 1. The number of nitro groups is 1. The second-order valence-corrected chi connectivity index (χ2v) is 5.71. The number of nitrogens with zero attached hydrogens (tertiary/aromatic N) is 4. The third kappa shape index (κ3) is 4.48. The monoisotopic (exact) mass is 277 g/mol. The first-order valence-electron chi connectivity index (χ1n) is 6.18. The van der Waals surface area contributed by atoms with Crippen molar-refractivity contribution in [3.05, 3.63) is 27.9 Å². The lowest BCUT2D eigenvalue weighted by atomic mass is 9.93. The second-order valence-electron chi connectivity index (χ2n) is 5.71. The molecule has 7 heteroatoms. The van der Waals surface area contributed by atoms with E-state index in [0.717, 1.165) is 12.7 Å². The summed E-state index contributed by atoms with van der Waals surface area (Å²) in [5.74, 6) is 0.380. The van der Waals surface area contributed by atoms with E-state index >= 15 is 0 Å². The van der Waals surface area contributed by atoms with Crippen molar-refractivity contribution >= 4 is 11.5 Å². The summed E-state index contributed by atoms with van der Waals surface area (Å²) in [6, 6.07) is 3.16. The molecule has 0 bridgehead atoms. The Kier molecular flexibility index (Phi) is 5.00. The van der Waals surface area contributed by atoms with Gasteiger partial charge in [0.25, 0.3) is 5.69 Å². The van der Waals surface area contributed by atoms with Gasteiger partial charge >= 0.3 is 0 Å². The predicted molar refractivity (Wildman–Crippen MR) is 76.4 cm³/mol. The molecule has 0 aliphatic rings. The van der Waals surface area contributed by atoms with E-state index in [1.807, 2.05) is 20.2 Å². The minimum Gasteiger partial charge on any atom is -0.368 e. The van der Waals surface area contributed by atoms with E-state index in [4.69, 9.17) is 5.26 Å². The van der Waals surface area contributed by atoms with Crippen molar-refractivity contribution in [1.29, 1.82) is 5.26 Å². The molecular weight excluding hydrogens is 258 g/mol. The van der Waals surface area contributed by atoms with Crippen molar-refractivity contribution in [3.63, 3.8) is 0 Å². The molecule has 0 aliphatic carbocycles. The molecule has 0 aromatic carbocycles. The number of aromatic nitrogens is 1. The lowest BCUT2D eigenvalue weighted by Crippen LogP contribution is -2.34. The quantitative estimate of drug-likeness (QED) is 0.630. The molecule has 20 heavy (non-hydrogen) atoms. The maximum absolute atomic E-state index is 10.6. The van der Waals surface area contributed by atoms with Gasteiger partial charge in [0.15, 0.2) is 0 Å². The Morgan fingerprint density at radius 3 is 2.70 bits per heavy atom. The van der Waals surface area contributed by atoms with Crippen LogP contribution in [0, 0.1) is 26.9 Å². The van der Waals surface area contributed by atoms with Crippen molar-refractivity contribution in [2.75, 3.05) is 32.5 Å². The molecule has 0 saturated heterocycles. The average Bonchev–Trinajstić information content (AvgIpc) is 2.34. The lowest BCUT2D eigenvalue weighted by molar-refractivity contribution is -0.385. The fourth-order valence-corrected chi connectivity index (χ4v) is 2.01. The van der Waals surface area contributed by atoms with Crippen LogP contribution in [-0.4, -0.2) is 42.0 Å². The minimum absolute atomic E-state index is 0.0142. The van der Waals surface area contributed by atoms with Crippen LogP contribution < -0.4 is 5.32 Å². The van der Waals surface area contributed by atoms with E-state index in [0.29, 0.717) is 12.4 Å². The highest BCUT2D eigenvalue weighted by molar-refractivity contribution is 5.55. The Morgan fingerprint density at radius 2 is 2.20 bits per heavy atom. The van der Waals surface area contributed by atoms with Gasteiger partial charge in [-0.15, -0.1) is 0 Å². The average molecular weight is 277 g/mol. The fourth-order valence-electron chi connectivity index (χ4n) is 2.01. The first-order chi connectivity index (χ1) is 9.25. The molecule has 1 rings (SSSR count). The largest absolute Gasteiger partial charge is 0.368 e. The van der Waals surface area contributed by atoms with Gasteiger partial charge < -0.3 is 10.2 Å². The first-order valence-corrected chi connectivity index (χ1v) is 6.18. The zero-order valence-electron chi connectivity index (χ0n) is 12.2. The smallest absolute Gasteiger partial charge is 0.289 e. The number of hydrogen-bond acceptors (Lipinski definition) is 6. The standard InChI is InChI=1S/C13H19N5O2/c1-13(2,9-17(3)4)8-16-12-10(6-14)5-11(7-15-12)18(19)20/h5,7H,8-9H2,1-4H3,(H,15,16). The van der Waals surface area contributed by atoms with Crippen LogP contribution in [0.4, 0.5) is 11.5 Å². The van der Waals surface area contributed by atoms with Crippen LogP contribution in [-0.2, 0) is 0 Å². The van der Waals surface area contributed by atoms with Crippen LogP contribution in [0.25, 0.3) is 0 Å². The molecule has 7 nitrogen and oxygen atoms in total. The summed E-state index contributed by atoms with van der Waals surface area (Å²) < 4.78 is 0. The van der Waals surface area contributed by atoms with Crippen LogP contribution in [0.2, 0.25) is 0 Å². The van der Waals surface area contributed by atoms with Gasteiger partial charge in [0, 0.05) is 19.2 Å². The molecule has 0 aliphatic heterocycles. The molecule has 1 heterocycles. The Morgan fingerprint density at radius 1 is 1.55 bits per heavy atom. The Labute approximate surface area is 118 Å². The summed E-state index contributed by atoms with van der Waals surface area (Å²) >= 11 is 0. The van der Waals surface area contributed by atoms with Crippen molar-refractivity contribution in [2.24, 2.45) is 5.41 Å². The normalized spacial score (nSPS) is 11.2. The van der Waals surface area contributed by atoms with E-state index < -0.39 is 4.92 Å². The number of hydrogen-bond donors (Lipinski definition) is 1. The summed E-state index contributed by atoms with van der Waals surface area (Å²) in [6.45, 7) is 5.68. The number of rotatable bonds is 6. The summed E-state index contributed by atoms with van der Waals surface area (Å²) in [5, 5.41) is 22.8. The minimum atomic E-state index is -0.562. The van der Waals surface area contributed by atoms with E-state index in [1.165, 1.54) is 6.07 Å². The summed E-state index contributed by atoms with van der Waals surface area (Å²) in [5.41, 5.74) is -0.0147. The summed E-state index contributed by atoms with van der Waals surface area (Å²) in [7, 11) is 3.99. The third-order valence-electron chi connectivity index (χ3n) is 2.68. The topological polar surface area (TPSA) is 95.1 Å². The van der Waals surface area contributed by atoms with Crippen LogP contribution in [0.1, 0.15) is 19.4 Å². The van der Waals surface area contributed by atoms with E-state index in [-0.39, 0.29) is 16.7 Å². The van der Waals surface area contributed by atoms with Crippen molar-refractivity contribution in [3.8, 4) is 6.07 Å². The van der Waals surface area contributed by atoms with E-state index in [9.17, 15) is 10.1 Å². The van der Waals surface area contributed by atoms with Gasteiger partial charge in [0.05, 0.1) is 4.92 Å². The van der Waals surface area contributed by atoms with Crippen molar-refractivity contribution in [2.45, 2.75) is 13.8 Å². The molecule has 0 fully saturated rings. The van der Waals surface area contributed by atoms with Gasteiger partial charge in [-0.05, 0) is 19.5 Å². The van der Waals surface area contributed by atoms with Crippen LogP contribution in [0.15, 0.2) is 12.3 Å². The van der Waals surface area contributed by atoms with Crippen molar-refractivity contribution < 1.29 is 4.92 Å². The highest BCUT2D eigenvalue weighted by Crippen LogP contribution is 2.21. The van der Waals surface area contributed by atoms with Crippen LogP contribution >= 0.6 is 0 Å². The van der Waals surface area contributed by atoms with Crippen LogP contribution in [0.3, 0.4) is 0 Å². The molecule has 0 radical (unpaired) electrons. The fraction of sp³-hybridized carbons (Fsp3) is 0.538. The molecule has 0 saturated carbocycles. The zero-order chi connectivity index (χ0) is 15.3. The van der Waals surface area contributed by atoms with E-state index in [2.05, 4.69) is 29.0 Å². The summed E-state index contributed by atoms with van der Waals surface area (Å²) in [4.78, 5) is 16.1. The van der Waals surface area contributed by atoms with Gasteiger partial charge in [-0.2, -0.15) is 5.26 Å². The Balaban J connectivity index is 2.83. The van der Waals surface area contributed by atoms with E-state index in [1.54, 1.807) is 0 Å². The molecule has 1 N–H and O–H groups in total. The second kappa shape index (κ2) is 6.30. The summed E-state index contributed by atoms with van der Waals surface area (Å²) in [6.07, 6.45) is 1.15. The predicted octanol–water partition coefficient (Wildman–Crippen LogP) is 1.86. The van der Waals surface area contributed by atoms with Gasteiger partial charge in [-0.1, -0.05) is 13.8 Å². The molecule has 0 amide bonds. The SMILES string of the molecule is CN(C)CC(C)(C)CNc1ncc([N+](=O)[O-])cc1C#N. The van der Waals surface area contributed by atoms with Gasteiger partial charge in [-0.3, -0.25) is 10.1 Å². The van der Waals surface area contributed by atoms with Gasteiger partial charge in [0.2, 0.25) is 0 Å². The molecule has 1 aromatic heterocycles. The number of anilines is 1. The Bertz CT molecular complexity index is 534. The first kappa shape index (κ1) is 15.9. The molecular formula is C13H19N5O2. The maximum Gasteiger partial charge on any atom is 0.289 e. The lowest BCUT2D eigenvalue weighted by Gasteiger charge is -2.28. The molecule has 1 aromatic rings. The molecule has 0 atom stereocenters. The highest BCUT2D eigenvalue weighted by Gasteiger charge is 2.20. The molecule has 0 unspecified atom stereocenters. The molecule has 0 spiro atoms. The van der Waals surface area contributed by atoms with Crippen LogP contribution in [0.5, 0.6) is 0 Å². The number of nitriles is 1. The molecule has 108 valence electrons. The Hall–Kier alpha value is -2.20.